The highest BCUT2D eigenvalue weighted by Crippen LogP contribution is 2.45. The van der Waals surface area contributed by atoms with Gasteiger partial charge in [-0.3, -0.25) is 4.79 Å². The van der Waals surface area contributed by atoms with Crippen LogP contribution in [0.2, 0.25) is 0 Å². The van der Waals surface area contributed by atoms with Gasteiger partial charge in [0.15, 0.2) is 0 Å². The lowest BCUT2D eigenvalue weighted by molar-refractivity contribution is -0.304. The number of ether oxygens (including phenoxy) is 2. The number of esters is 1. The molecule has 0 aromatic heterocycles. The molecule has 3 rings (SSSR count). The van der Waals surface area contributed by atoms with Crippen molar-refractivity contribution < 1.29 is 33.8 Å². The molecular formula is C26H30N3O7S-. The lowest BCUT2D eigenvalue weighted by Gasteiger charge is -2.31. The summed E-state index contributed by atoms with van der Waals surface area (Å²) in [6.45, 7) is 4.89. The summed E-state index contributed by atoms with van der Waals surface area (Å²) in [6, 6.07) is 12.0. The van der Waals surface area contributed by atoms with E-state index in [0.29, 0.717) is 22.8 Å². The number of aliphatic carboxylic acids is 1. The van der Waals surface area contributed by atoms with Crippen molar-refractivity contribution in [2.45, 2.75) is 44.2 Å². The molecule has 198 valence electrons. The number of nitrogens with one attached hydrogen (secondary N) is 2. The number of carbonyl (C=O) groups excluding carboxylic acids is 4. The van der Waals surface area contributed by atoms with E-state index >= 15 is 0 Å². The Morgan fingerprint density at radius 1 is 1.11 bits per heavy atom. The number of nitrogens with zero attached hydrogens (tertiary/aromatic N) is 1. The van der Waals surface area contributed by atoms with Crippen LogP contribution in [0.4, 0.5) is 10.5 Å². The van der Waals surface area contributed by atoms with Crippen molar-refractivity contribution in [1.82, 2.24) is 10.2 Å². The van der Waals surface area contributed by atoms with Crippen molar-refractivity contribution in [3.63, 3.8) is 0 Å². The number of para-hydroxylation sites is 1. The Morgan fingerprint density at radius 3 is 2.51 bits per heavy atom. The summed E-state index contributed by atoms with van der Waals surface area (Å²) in [5, 5.41) is 15.4. The Bertz CT molecular complexity index is 1160. The van der Waals surface area contributed by atoms with E-state index < -0.39 is 40.9 Å². The summed E-state index contributed by atoms with van der Waals surface area (Å²) >= 11 is 1.41. The van der Waals surface area contributed by atoms with Crippen LogP contribution in [0.25, 0.3) is 0 Å². The highest BCUT2D eigenvalue weighted by Gasteiger charge is 2.44. The SMILES string of the molecule is COc1ccccc1C1SCC(C(=O)OC(C)(C)C)N1C(=O)CNC(=O)Nc1cccc(CC(=O)[O-])c1. The number of anilines is 1. The fourth-order valence-electron chi connectivity index (χ4n) is 3.82. The molecule has 1 saturated heterocycles. The summed E-state index contributed by atoms with van der Waals surface area (Å²) in [6.07, 6.45) is -0.293. The third kappa shape index (κ3) is 7.63. The molecule has 0 bridgehead atoms. The molecule has 2 unspecified atom stereocenters. The Hall–Kier alpha value is -3.73. The normalized spacial score (nSPS) is 17.1. The van der Waals surface area contributed by atoms with Crippen LogP contribution in [-0.2, 0) is 25.5 Å². The molecule has 1 aliphatic heterocycles. The number of hydrogen-bond donors (Lipinski definition) is 2. The van der Waals surface area contributed by atoms with Gasteiger partial charge in [-0.2, -0.15) is 0 Å². The van der Waals surface area contributed by atoms with Crippen molar-refractivity contribution in [2.24, 2.45) is 0 Å². The first-order valence-electron chi connectivity index (χ1n) is 11.6. The molecule has 2 atom stereocenters. The van der Waals surface area contributed by atoms with Crippen LogP contribution in [-0.4, -0.2) is 59.8 Å². The number of carbonyl (C=O) groups is 4. The molecule has 1 fully saturated rings. The number of carboxylic acid groups (broad SMARTS) is 1. The number of hydrogen-bond acceptors (Lipinski definition) is 8. The number of carboxylic acids is 1. The third-order valence-electron chi connectivity index (χ3n) is 5.31. The van der Waals surface area contributed by atoms with E-state index in [9.17, 15) is 24.3 Å². The number of amides is 3. The summed E-state index contributed by atoms with van der Waals surface area (Å²) in [5.41, 5.74) is 0.813. The van der Waals surface area contributed by atoms with E-state index in [1.54, 1.807) is 45.0 Å². The molecule has 0 spiro atoms. The quantitative estimate of drug-likeness (QED) is 0.497. The Morgan fingerprint density at radius 2 is 1.84 bits per heavy atom. The fraction of sp³-hybridized carbons (Fsp3) is 0.385. The molecule has 3 amide bonds. The maximum absolute atomic E-state index is 13.4. The van der Waals surface area contributed by atoms with Crippen LogP contribution < -0.4 is 20.5 Å². The highest BCUT2D eigenvalue weighted by atomic mass is 32.2. The molecule has 2 N–H and O–H groups in total. The van der Waals surface area contributed by atoms with Gasteiger partial charge >= 0.3 is 12.0 Å². The number of benzene rings is 2. The number of urea groups is 1. The lowest BCUT2D eigenvalue weighted by atomic mass is 10.1. The van der Waals surface area contributed by atoms with Gasteiger partial charge in [-0.25, -0.2) is 9.59 Å². The van der Waals surface area contributed by atoms with E-state index in [0.717, 1.165) is 5.56 Å². The molecule has 0 radical (unpaired) electrons. The zero-order valence-corrected chi connectivity index (χ0v) is 21.9. The van der Waals surface area contributed by atoms with Crippen molar-refractivity contribution in [1.29, 1.82) is 0 Å². The fourth-order valence-corrected chi connectivity index (χ4v) is 5.28. The Balaban J connectivity index is 1.75. The maximum Gasteiger partial charge on any atom is 0.330 e. The summed E-state index contributed by atoms with van der Waals surface area (Å²) in [7, 11) is 1.53. The second-order valence-corrected chi connectivity index (χ2v) is 10.4. The predicted molar refractivity (Wildman–Crippen MR) is 137 cm³/mol. The molecule has 2 aromatic rings. The van der Waals surface area contributed by atoms with Crippen LogP contribution >= 0.6 is 11.8 Å². The molecule has 11 heteroatoms. The molecule has 2 aromatic carbocycles. The van der Waals surface area contributed by atoms with Crippen LogP contribution in [0.1, 0.15) is 37.3 Å². The topological polar surface area (TPSA) is 137 Å². The van der Waals surface area contributed by atoms with Gasteiger partial charge in [0.25, 0.3) is 0 Å². The zero-order chi connectivity index (χ0) is 27.2. The van der Waals surface area contributed by atoms with Gasteiger partial charge in [-0.05, 0) is 44.5 Å². The maximum atomic E-state index is 13.4. The molecule has 1 aliphatic rings. The van der Waals surface area contributed by atoms with Crippen molar-refractivity contribution in [2.75, 3.05) is 24.7 Å². The lowest BCUT2D eigenvalue weighted by Crippen LogP contribution is -2.49. The van der Waals surface area contributed by atoms with Gasteiger partial charge in [0.05, 0.1) is 13.7 Å². The average Bonchev–Trinajstić information content (AvgIpc) is 3.26. The summed E-state index contributed by atoms with van der Waals surface area (Å²) in [5.74, 6) is -1.34. The smallest absolute Gasteiger partial charge is 0.330 e. The monoisotopic (exact) mass is 528 g/mol. The van der Waals surface area contributed by atoms with Crippen molar-refractivity contribution in [3.8, 4) is 5.75 Å². The Labute approximate surface area is 219 Å². The molecule has 37 heavy (non-hydrogen) atoms. The molecule has 10 nitrogen and oxygen atoms in total. The van der Waals surface area contributed by atoms with E-state index in [1.807, 2.05) is 18.2 Å². The van der Waals surface area contributed by atoms with Gasteiger partial charge in [-0.1, -0.05) is 30.3 Å². The largest absolute Gasteiger partial charge is 0.550 e. The first-order valence-corrected chi connectivity index (χ1v) is 12.7. The minimum absolute atomic E-state index is 0.293. The van der Waals surface area contributed by atoms with Gasteiger partial charge in [0.2, 0.25) is 5.91 Å². The average molecular weight is 529 g/mol. The van der Waals surface area contributed by atoms with Crippen LogP contribution in [0, 0.1) is 0 Å². The van der Waals surface area contributed by atoms with Crippen LogP contribution in [0.5, 0.6) is 5.75 Å². The second kappa shape index (κ2) is 12.0. The van der Waals surface area contributed by atoms with Crippen molar-refractivity contribution in [3.05, 3.63) is 59.7 Å². The van der Waals surface area contributed by atoms with Gasteiger partial charge < -0.3 is 34.9 Å². The van der Waals surface area contributed by atoms with Gasteiger partial charge in [0, 0.05) is 29.4 Å². The van der Waals surface area contributed by atoms with Gasteiger partial charge in [-0.15, -0.1) is 11.8 Å². The van der Waals surface area contributed by atoms with Crippen LogP contribution in [0.3, 0.4) is 0 Å². The summed E-state index contributed by atoms with van der Waals surface area (Å²) < 4.78 is 11.0. The molecule has 0 saturated carbocycles. The van der Waals surface area contributed by atoms with E-state index in [-0.39, 0.29) is 13.0 Å². The first-order chi connectivity index (χ1) is 17.5. The molecule has 1 heterocycles. The first kappa shape index (κ1) is 27.9. The van der Waals surface area contributed by atoms with Crippen LogP contribution in [0.15, 0.2) is 48.5 Å². The standard InChI is InChI=1S/C26H31N3O7S/c1-26(2,3)36-24(33)19-15-37-23(18-10-5-6-11-20(18)35-4)29(19)21(30)14-27-25(34)28-17-9-7-8-16(12-17)13-22(31)32/h5-12,19,23H,13-15H2,1-4H3,(H,31,32)(H2,27,28,34)/p-1. The Kier molecular flexibility index (Phi) is 9.04. The van der Waals surface area contributed by atoms with Gasteiger partial charge in [0.1, 0.15) is 22.8 Å². The predicted octanol–water partition coefficient (Wildman–Crippen LogP) is 2.09. The minimum atomic E-state index is -1.24. The molecule has 0 aliphatic carbocycles. The highest BCUT2D eigenvalue weighted by molar-refractivity contribution is 7.99. The van der Waals surface area contributed by atoms with E-state index in [4.69, 9.17) is 9.47 Å². The number of rotatable bonds is 8. The number of methoxy groups -OCH3 is 1. The molecular weight excluding hydrogens is 498 g/mol. The third-order valence-corrected chi connectivity index (χ3v) is 6.61. The van der Waals surface area contributed by atoms with E-state index in [1.165, 1.54) is 29.8 Å². The number of thioether (sulfide) groups is 1. The zero-order valence-electron chi connectivity index (χ0n) is 21.1. The minimum Gasteiger partial charge on any atom is -0.550 e. The summed E-state index contributed by atoms with van der Waals surface area (Å²) in [4.78, 5) is 51.1. The van der Waals surface area contributed by atoms with Crippen molar-refractivity contribution >= 4 is 41.3 Å². The van der Waals surface area contributed by atoms with E-state index in [2.05, 4.69) is 10.6 Å². The second-order valence-electron chi connectivity index (χ2n) is 9.33.